The van der Waals surface area contributed by atoms with Gasteiger partial charge >= 0.3 is 0 Å². The first-order valence-corrected chi connectivity index (χ1v) is 10.6. The smallest absolute Gasteiger partial charge is 0.197 e. The number of carbonyl (C=O) groups excluding carboxylic acids is 1. The quantitative estimate of drug-likeness (QED) is 0.753. The average Bonchev–Trinajstić information content (AvgIpc) is 2.85. The number of aryl methyl sites for hydroxylation is 3. The molecule has 0 saturated carbocycles. The maximum atomic E-state index is 13.3. The number of aromatic nitrogens is 2. The second kappa shape index (κ2) is 6.27. The minimum Gasteiger partial charge on any atom is -0.374 e. The van der Waals surface area contributed by atoms with E-state index in [1.54, 1.807) is 38.8 Å². The molecule has 0 fully saturated rings. The van der Waals surface area contributed by atoms with Gasteiger partial charge in [-0.1, -0.05) is 0 Å². The highest BCUT2D eigenvalue weighted by Gasteiger charge is 2.42. The Morgan fingerprint density at radius 3 is 2.41 bits per heavy atom. The molecule has 0 radical (unpaired) electrons. The van der Waals surface area contributed by atoms with E-state index < -0.39 is 15.4 Å². The Hall–Kier alpha value is -1.99. The van der Waals surface area contributed by atoms with Crippen LogP contribution in [0.5, 0.6) is 0 Å². The molecule has 1 atom stereocenters. The zero-order valence-electron chi connectivity index (χ0n) is 16.9. The molecule has 146 valence electrons. The topological polar surface area (TPSA) is 78.3 Å². The molecule has 0 spiro atoms. The molecule has 1 aliphatic rings. The predicted molar refractivity (Wildman–Crippen MR) is 103 cm³/mol. The number of methoxy groups -OCH3 is 1. The number of carbonyl (C=O) groups is 1. The van der Waals surface area contributed by atoms with Gasteiger partial charge in [0.05, 0.1) is 27.5 Å². The molecule has 1 unspecified atom stereocenters. The molecule has 2 heterocycles. The lowest BCUT2D eigenvalue weighted by atomic mass is 9.84. The van der Waals surface area contributed by atoms with Crippen molar-refractivity contribution in [2.24, 2.45) is 7.05 Å². The molecule has 27 heavy (non-hydrogen) atoms. The number of hydrogen-bond acceptors (Lipinski definition) is 5. The highest BCUT2D eigenvalue weighted by molar-refractivity contribution is 7.91. The van der Waals surface area contributed by atoms with Crippen LogP contribution in [-0.4, -0.2) is 36.8 Å². The van der Waals surface area contributed by atoms with E-state index in [4.69, 9.17) is 4.74 Å². The first-order valence-electron chi connectivity index (χ1n) is 8.92. The number of hydrogen-bond donors (Lipinski definition) is 0. The van der Waals surface area contributed by atoms with Crippen LogP contribution in [0.25, 0.3) is 0 Å². The van der Waals surface area contributed by atoms with Gasteiger partial charge in [-0.05, 0) is 58.2 Å². The minimum atomic E-state index is -3.48. The van der Waals surface area contributed by atoms with E-state index in [1.165, 1.54) is 0 Å². The lowest BCUT2D eigenvalue weighted by Crippen LogP contribution is -2.36. The molecular weight excluding hydrogens is 364 g/mol. The highest BCUT2D eigenvalue weighted by atomic mass is 32.2. The zero-order chi connectivity index (χ0) is 20.3. The normalized spacial score (nSPS) is 21.1. The molecule has 6 nitrogen and oxygen atoms in total. The molecule has 0 bridgehead atoms. The molecule has 1 aromatic carbocycles. The van der Waals surface area contributed by atoms with Crippen LogP contribution in [0, 0.1) is 27.7 Å². The number of nitrogens with zero attached hydrogens (tertiary/aromatic N) is 2. The number of rotatable bonds is 3. The van der Waals surface area contributed by atoms with E-state index >= 15 is 0 Å². The predicted octanol–water partition coefficient (Wildman–Crippen LogP) is 2.92. The third-order valence-electron chi connectivity index (χ3n) is 5.85. The van der Waals surface area contributed by atoms with Crippen LogP contribution < -0.4 is 0 Å². The number of sulfone groups is 1. The van der Waals surface area contributed by atoms with Gasteiger partial charge in [-0.25, -0.2) is 8.42 Å². The first-order chi connectivity index (χ1) is 12.4. The zero-order valence-corrected chi connectivity index (χ0v) is 17.7. The second-order valence-electron chi connectivity index (χ2n) is 7.57. The van der Waals surface area contributed by atoms with Gasteiger partial charge in [0.25, 0.3) is 0 Å². The van der Waals surface area contributed by atoms with Crippen molar-refractivity contribution in [1.29, 1.82) is 0 Å². The summed E-state index contributed by atoms with van der Waals surface area (Å²) in [5, 5.41) is 4.32. The lowest BCUT2D eigenvalue weighted by Gasteiger charge is -2.37. The van der Waals surface area contributed by atoms with Crippen LogP contribution >= 0.6 is 0 Å². The van der Waals surface area contributed by atoms with E-state index in [2.05, 4.69) is 5.10 Å². The molecule has 0 amide bonds. The molecule has 3 rings (SSSR count). The van der Waals surface area contributed by atoms with Crippen LogP contribution in [0.2, 0.25) is 0 Å². The molecule has 0 aliphatic carbocycles. The van der Waals surface area contributed by atoms with E-state index in [0.29, 0.717) is 34.4 Å². The summed E-state index contributed by atoms with van der Waals surface area (Å²) in [7, 11) is -0.0973. The summed E-state index contributed by atoms with van der Waals surface area (Å²) in [5.41, 5.74) is 3.58. The fourth-order valence-corrected chi connectivity index (χ4v) is 6.29. The van der Waals surface area contributed by atoms with Crippen molar-refractivity contribution >= 4 is 15.6 Å². The number of ether oxygens (including phenoxy) is 1. The minimum absolute atomic E-state index is 0.00715. The molecule has 1 aromatic heterocycles. The second-order valence-corrected chi connectivity index (χ2v) is 9.62. The van der Waals surface area contributed by atoms with Gasteiger partial charge in [0.15, 0.2) is 15.6 Å². The summed E-state index contributed by atoms with van der Waals surface area (Å²) >= 11 is 0. The van der Waals surface area contributed by atoms with Crippen LogP contribution in [0.3, 0.4) is 0 Å². The molecule has 0 saturated heterocycles. The van der Waals surface area contributed by atoms with Crippen molar-refractivity contribution in [2.75, 3.05) is 12.9 Å². The third-order valence-corrected chi connectivity index (χ3v) is 7.72. The lowest BCUT2D eigenvalue weighted by molar-refractivity contribution is -0.00564. The van der Waals surface area contributed by atoms with E-state index in [1.807, 2.05) is 20.8 Å². The molecule has 1 aliphatic heterocycles. The maximum absolute atomic E-state index is 13.3. The summed E-state index contributed by atoms with van der Waals surface area (Å²) in [6, 6.07) is 1.79. The van der Waals surface area contributed by atoms with Crippen LogP contribution in [0.1, 0.15) is 57.3 Å². The fourth-order valence-electron chi connectivity index (χ4n) is 4.16. The first kappa shape index (κ1) is 19.8. The monoisotopic (exact) mass is 390 g/mol. The number of ketones is 1. The Labute approximate surface area is 160 Å². The molecule has 2 aromatic rings. The Bertz CT molecular complexity index is 1070. The van der Waals surface area contributed by atoms with Crippen molar-refractivity contribution in [2.45, 2.75) is 51.5 Å². The van der Waals surface area contributed by atoms with Crippen molar-refractivity contribution in [3.8, 4) is 0 Å². The van der Waals surface area contributed by atoms with E-state index in [-0.39, 0.29) is 16.4 Å². The summed E-state index contributed by atoms with van der Waals surface area (Å²) in [6.07, 6.45) is 0.396. The molecule has 7 heteroatoms. The highest BCUT2D eigenvalue weighted by Crippen LogP contribution is 2.43. The van der Waals surface area contributed by atoms with Gasteiger partial charge in [0.2, 0.25) is 0 Å². The Kier molecular flexibility index (Phi) is 4.59. The molecule has 0 N–H and O–H groups in total. The summed E-state index contributed by atoms with van der Waals surface area (Å²) < 4.78 is 33.2. The van der Waals surface area contributed by atoms with E-state index in [0.717, 1.165) is 11.3 Å². The van der Waals surface area contributed by atoms with Crippen molar-refractivity contribution in [1.82, 2.24) is 9.78 Å². The van der Waals surface area contributed by atoms with Crippen LogP contribution in [0.15, 0.2) is 11.0 Å². The van der Waals surface area contributed by atoms with Crippen LogP contribution in [0.4, 0.5) is 0 Å². The van der Waals surface area contributed by atoms with Crippen LogP contribution in [-0.2, 0) is 27.2 Å². The Balaban J connectivity index is 2.33. The van der Waals surface area contributed by atoms with E-state index in [9.17, 15) is 13.2 Å². The SMILES string of the molecule is COC1(C)CCS(=O)(=O)c2c(C)c(C(=O)c3c(C)nn(C)c3C)cc(C)c21. The van der Waals surface area contributed by atoms with Gasteiger partial charge in [-0.2, -0.15) is 5.10 Å². The summed E-state index contributed by atoms with van der Waals surface area (Å²) in [5.74, 6) is -0.186. The number of benzene rings is 1. The maximum Gasteiger partial charge on any atom is 0.197 e. The van der Waals surface area contributed by atoms with Gasteiger partial charge < -0.3 is 4.74 Å². The standard InChI is InChI=1S/C20H26N2O4S/c1-11-10-15(18(23)16-13(3)21-22(6)14(16)4)12(2)19-17(11)20(5,26-7)8-9-27(19,24)25/h10H,8-9H2,1-7H3. The summed E-state index contributed by atoms with van der Waals surface area (Å²) in [6.45, 7) is 9.09. The van der Waals surface area contributed by atoms with Crippen molar-refractivity contribution < 1.29 is 17.9 Å². The Morgan fingerprint density at radius 1 is 1.26 bits per heavy atom. The summed E-state index contributed by atoms with van der Waals surface area (Å²) in [4.78, 5) is 13.6. The largest absolute Gasteiger partial charge is 0.374 e. The number of fused-ring (bicyclic) bond motifs is 1. The van der Waals surface area contributed by atoms with Gasteiger partial charge in [0.1, 0.15) is 0 Å². The molecular formula is C20H26N2O4S. The van der Waals surface area contributed by atoms with Gasteiger partial charge in [-0.15, -0.1) is 0 Å². The fraction of sp³-hybridized carbons (Fsp3) is 0.500. The average molecular weight is 391 g/mol. The third kappa shape index (κ3) is 2.84. The van der Waals surface area contributed by atoms with Crippen molar-refractivity contribution in [3.05, 3.63) is 45.3 Å². The van der Waals surface area contributed by atoms with Gasteiger partial charge in [0, 0.05) is 31.0 Å². The van der Waals surface area contributed by atoms with Crippen molar-refractivity contribution in [3.63, 3.8) is 0 Å². The Morgan fingerprint density at radius 2 is 1.89 bits per heavy atom. The van der Waals surface area contributed by atoms with Gasteiger partial charge in [-0.3, -0.25) is 9.48 Å².